The normalized spacial score (nSPS) is 17.3. The molecular formula is C26H31N3O6S2. The van der Waals surface area contributed by atoms with Crippen molar-refractivity contribution in [3.63, 3.8) is 0 Å². The van der Waals surface area contributed by atoms with E-state index in [1.807, 2.05) is 11.5 Å². The third kappa shape index (κ3) is 5.85. The third-order valence-corrected chi connectivity index (χ3v) is 9.43. The predicted molar refractivity (Wildman–Crippen MR) is 141 cm³/mol. The number of piperidine rings is 1. The van der Waals surface area contributed by atoms with Crippen LogP contribution in [0.2, 0.25) is 0 Å². The van der Waals surface area contributed by atoms with Gasteiger partial charge in [-0.05, 0) is 69.2 Å². The van der Waals surface area contributed by atoms with Gasteiger partial charge >= 0.3 is 5.97 Å². The van der Waals surface area contributed by atoms with E-state index >= 15 is 0 Å². The van der Waals surface area contributed by atoms with Crippen molar-refractivity contribution in [1.29, 1.82) is 0 Å². The van der Waals surface area contributed by atoms with Crippen molar-refractivity contribution < 1.29 is 27.5 Å². The fraction of sp³-hybridized carbons (Fsp3) is 0.423. The summed E-state index contributed by atoms with van der Waals surface area (Å²) in [6.07, 6.45) is 2.71. The molecule has 4 rings (SSSR count). The van der Waals surface area contributed by atoms with Crippen LogP contribution in [0, 0.1) is 0 Å². The number of thiazole rings is 1. The molecule has 0 aliphatic carbocycles. The zero-order valence-corrected chi connectivity index (χ0v) is 22.8. The average molecular weight is 546 g/mol. The fourth-order valence-corrected chi connectivity index (χ4v) is 7.18. The van der Waals surface area contributed by atoms with Gasteiger partial charge in [0.15, 0.2) is 4.80 Å². The first kappa shape index (κ1) is 27.2. The van der Waals surface area contributed by atoms with Gasteiger partial charge in [-0.1, -0.05) is 17.8 Å². The van der Waals surface area contributed by atoms with E-state index in [1.165, 1.54) is 39.9 Å². The molecule has 1 saturated heterocycles. The van der Waals surface area contributed by atoms with E-state index in [-0.39, 0.29) is 23.1 Å². The van der Waals surface area contributed by atoms with Crippen molar-refractivity contribution in [2.75, 3.05) is 26.9 Å². The number of esters is 1. The summed E-state index contributed by atoms with van der Waals surface area (Å²) in [5.74, 6) is -0.900. The first-order chi connectivity index (χ1) is 17.8. The standard InChI is InChI=1S/C26H31N3O6S2/c1-4-35-25(31)20-10-13-22-23(17-20)36-26(28(22)15-16-34-3)27-24(30)19-8-11-21(12-9-19)37(32,33)29-14-6-5-7-18(29)2/h8-13,17-18H,4-7,14-16H2,1-3H3. The number of fused-ring (bicyclic) bond motifs is 1. The molecule has 11 heteroatoms. The molecule has 1 atom stereocenters. The minimum Gasteiger partial charge on any atom is -0.462 e. The highest BCUT2D eigenvalue weighted by Crippen LogP contribution is 2.25. The highest BCUT2D eigenvalue weighted by atomic mass is 32.2. The van der Waals surface area contributed by atoms with Crippen molar-refractivity contribution in [1.82, 2.24) is 8.87 Å². The van der Waals surface area contributed by atoms with E-state index in [9.17, 15) is 18.0 Å². The second-order valence-corrected chi connectivity index (χ2v) is 11.7. The Kier molecular flexibility index (Phi) is 8.58. The summed E-state index contributed by atoms with van der Waals surface area (Å²) < 4.78 is 40.7. The summed E-state index contributed by atoms with van der Waals surface area (Å²) >= 11 is 1.28. The smallest absolute Gasteiger partial charge is 0.338 e. The third-order valence-electron chi connectivity index (χ3n) is 6.36. The maximum absolute atomic E-state index is 13.1. The molecule has 1 unspecified atom stereocenters. The number of hydrogen-bond acceptors (Lipinski definition) is 7. The Morgan fingerprint density at radius 1 is 1.11 bits per heavy atom. The monoisotopic (exact) mass is 545 g/mol. The van der Waals surface area contributed by atoms with Crippen LogP contribution >= 0.6 is 11.3 Å². The van der Waals surface area contributed by atoms with Crippen LogP contribution in [0.5, 0.6) is 0 Å². The Balaban J connectivity index is 1.65. The van der Waals surface area contributed by atoms with Gasteiger partial charge in [0.1, 0.15) is 0 Å². The minimum absolute atomic E-state index is 0.0464. The van der Waals surface area contributed by atoms with E-state index in [0.29, 0.717) is 30.1 Å². The number of hydrogen-bond donors (Lipinski definition) is 0. The van der Waals surface area contributed by atoms with Crippen LogP contribution in [0.25, 0.3) is 10.2 Å². The van der Waals surface area contributed by atoms with Crippen LogP contribution < -0.4 is 4.80 Å². The van der Waals surface area contributed by atoms with Gasteiger partial charge in [-0.15, -0.1) is 0 Å². The van der Waals surface area contributed by atoms with Crippen molar-refractivity contribution in [3.8, 4) is 0 Å². The number of nitrogens with zero attached hydrogens (tertiary/aromatic N) is 3. The summed E-state index contributed by atoms with van der Waals surface area (Å²) in [5.41, 5.74) is 1.53. The number of ether oxygens (including phenoxy) is 2. The average Bonchev–Trinajstić information content (AvgIpc) is 3.23. The number of methoxy groups -OCH3 is 1. The molecule has 37 heavy (non-hydrogen) atoms. The van der Waals surface area contributed by atoms with E-state index < -0.39 is 21.9 Å². The Morgan fingerprint density at radius 2 is 1.84 bits per heavy atom. The lowest BCUT2D eigenvalue weighted by molar-refractivity contribution is 0.0526. The molecule has 0 spiro atoms. The number of sulfonamides is 1. The Bertz CT molecular complexity index is 1460. The van der Waals surface area contributed by atoms with Crippen molar-refractivity contribution in [3.05, 3.63) is 58.4 Å². The van der Waals surface area contributed by atoms with E-state index in [1.54, 1.807) is 32.2 Å². The molecule has 2 heterocycles. The summed E-state index contributed by atoms with van der Waals surface area (Å²) in [4.78, 5) is 30.2. The molecule has 198 valence electrons. The molecule has 1 aliphatic rings. The number of benzene rings is 2. The largest absolute Gasteiger partial charge is 0.462 e. The lowest BCUT2D eigenvalue weighted by Gasteiger charge is -2.32. The van der Waals surface area contributed by atoms with Gasteiger partial charge in [-0.3, -0.25) is 4.79 Å². The highest BCUT2D eigenvalue weighted by Gasteiger charge is 2.31. The Morgan fingerprint density at radius 3 is 2.51 bits per heavy atom. The number of carbonyl (C=O) groups is 2. The molecule has 0 saturated carbocycles. The Hall–Kier alpha value is -2.86. The topological polar surface area (TPSA) is 107 Å². The van der Waals surface area contributed by atoms with Gasteiger partial charge < -0.3 is 14.0 Å². The fourth-order valence-electron chi connectivity index (χ4n) is 4.38. The van der Waals surface area contributed by atoms with Gasteiger partial charge in [0.05, 0.1) is 33.9 Å². The van der Waals surface area contributed by atoms with Gasteiger partial charge in [0.2, 0.25) is 10.0 Å². The highest BCUT2D eigenvalue weighted by molar-refractivity contribution is 7.89. The van der Waals surface area contributed by atoms with Gasteiger partial charge in [0, 0.05) is 31.8 Å². The second-order valence-electron chi connectivity index (χ2n) is 8.83. The molecule has 0 N–H and O–H groups in total. The number of aromatic nitrogens is 1. The van der Waals surface area contributed by atoms with Crippen LogP contribution in [0.4, 0.5) is 0 Å². The quantitative estimate of drug-likeness (QED) is 0.398. The summed E-state index contributed by atoms with van der Waals surface area (Å²) in [6.45, 7) is 5.33. The molecule has 3 aromatic rings. The van der Waals surface area contributed by atoms with Crippen molar-refractivity contribution in [2.45, 2.75) is 50.6 Å². The summed E-state index contributed by atoms with van der Waals surface area (Å²) in [5, 5.41) is 0. The lowest BCUT2D eigenvalue weighted by atomic mass is 10.1. The molecule has 2 aromatic carbocycles. The van der Waals surface area contributed by atoms with E-state index in [4.69, 9.17) is 9.47 Å². The second kappa shape index (κ2) is 11.7. The zero-order chi connectivity index (χ0) is 26.6. The van der Waals surface area contributed by atoms with Crippen LogP contribution in [-0.4, -0.2) is 62.1 Å². The van der Waals surface area contributed by atoms with E-state index in [2.05, 4.69) is 4.99 Å². The minimum atomic E-state index is -3.62. The zero-order valence-electron chi connectivity index (χ0n) is 21.2. The van der Waals surface area contributed by atoms with Gasteiger partial charge in [-0.2, -0.15) is 9.30 Å². The van der Waals surface area contributed by atoms with Gasteiger partial charge in [0.25, 0.3) is 5.91 Å². The molecular weight excluding hydrogens is 514 g/mol. The van der Waals surface area contributed by atoms with Gasteiger partial charge in [-0.25, -0.2) is 13.2 Å². The lowest BCUT2D eigenvalue weighted by Crippen LogP contribution is -2.41. The van der Waals surface area contributed by atoms with Crippen LogP contribution in [0.15, 0.2) is 52.4 Å². The van der Waals surface area contributed by atoms with Crippen LogP contribution in [-0.2, 0) is 26.0 Å². The maximum Gasteiger partial charge on any atom is 0.338 e. The van der Waals surface area contributed by atoms with Crippen molar-refractivity contribution in [2.24, 2.45) is 4.99 Å². The molecule has 1 aliphatic heterocycles. The number of rotatable bonds is 8. The Labute approximate surface area is 220 Å². The first-order valence-electron chi connectivity index (χ1n) is 12.3. The molecule has 1 aromatic heterocycles. The summed E-state index contributed by atoms with van der Waals surface area (Å²) in [7, 11) is -2.03. The van der Waals surface area contributed by atoms with Crippen molar-refractivity contribution >= 4 is 43.5 Å². The molecule has 1 amide bonds. The molecule has 0 radical (unpaired) electrons. The molecule has 1 fully saturated rings. The predicted octanol–water partition coefficient (Wildman–Crippen LogP) is 3.83. The number of carbonyl (C=O) groups excluding carboxylic acids is 2. The SMILES string of the molecule is CCOC(=O)c1ccc2c(c1)sc(=NC(=O)c1ccc(S(=O)(=O)N3CCCCC3C)cc1)n2CCOC. The maximum atomic E-state index is 13.1. The van der Waals surface area contributed by atoms with Crippen LogP contribution in [0.3, 0.4) is 0 Å². The van der Waals surface area contributed by atoms with Crippen LogP contribution in [0.1, 0.15) is 53.8 Å². The molecule has 0 bridgehead atoms. The van der Waals surface area contributed by atoms with E-state index in [0.717, 1.165) is 29.5 Å². The molecule has 9 nitrogen and oxygen atoms in total. The first-order valence-corrected chi connectivity index (χ1v) is 14.5. The summed E-state index contributed by atoms with van der Waals surface area (Å²) in [6, 6.07) is 11.1. The number of amides is 1.